The van der Waals surface area contributed by atoms with Gasteiger partial charge in [-0.3, -0.25) is 76.7 Å². The minimum atomic E-state index is -5.08. The number of hydrogen-bond donors (Lipinski definition) is 20. The van der Waals surface area contributed by atoms with E-state index < -0.39 is 199 Å². The Morgan fingerprint density at radius 1 is 0.288 bits per heavy atom. The molecule has 24 N–H and O–H groups in total. The van der Waals surface area contributed by atoms with E-state index in [2.05, 4.69) is 63.8 Å². The summed E-state index contributed by atoms with van der Waals surface area (Å²) < 4.78 is 31.7. The van der Waals surface area contributed by atoms with E-state index in [9.17, 15) is 105 Å². The molecule has 0 unspecified atom stereocenters. The predicted molar refractivity (Wildman–Crippen MR) is 401 cm³/mol. The molecule has 0 aromatic rings. The third-order valence-corrected chi connectivity index (χ3v) is 16.1. The maximum absolute atomic E-state index is 14.5. The van der Waals surface area contributed by atoms with E-state index >= 15 is 0 Å². The average Bonchev–Trinajstić information content (AvgIpc) is 0.855. The SMILES string of the molecule is C.CC(=O)N[C@@H](CCCCN)C(=O)N[C@@H](CC(C)C)C(=O)N[C@@H](CC(=O)O)C(=O)N[C@@H](CC(C)C)C(=O)N[C@@H](CCCCN)C(=O)N[C@@H](CC(C)C)C(=O)N[C@@H](CC(=O)O)C(=O)N[C@@H](CC(C)C)C(=O)N[C@@H](CCCCN)C(=O)N[C@@H](CC(C)C)C(=O)N[C@@H](CC(=O)O)C(=O)N[C@@H](CC(C)C)C(N)=O.O=C(O)C(F)(F)F. The number of alkyl halides is 3. The molecule has 0 aliphatic rings. The van der Waals surface area contributed by atoms with Gasteiger partial charge >= 0.3 is 30.1 Å². The van der Waals surface area contributed by atoms with Gasteiger partial charge in [0.2, 0.25) is 76.8 Å². The van der Waals surface area contributed by atoms with Crippen LogP contribution in [0.1, 0.15) is 213 Å². The van der Waals surface area contributed by atoms with E-state index in [4.69, 9.17) is 32.8 Å². The first-order valence-corrected chi connectivity index (χ1v) is 37.0. The lowest BCUT2D eigenvalue weighted by molar-refractivity contribution is -0.192. The molecule has 0 aromatic heterocycles. The Bertz CT molecular complexity index is 3030. The van der Waals surface area contributed by atoms with Crippen LogP contribution in [0.4, 0.5) is 13.2 Å². The molecular weight excluding hydrogens is 1470 g/mol. The van der Waals surface area contributed by atoms with Crippen LogP contribution in [0, 0.1) is 35.5 Å². The van der Waals surface area contributed by atoms with E-state index in [1.54, 1.807) is 83.1 Å². The molecule has 111 heavy (non-hydrogen) atoms. The van der Waals surface area contributed by atoms with Crippen molar-refractivity contribution in [1.82, 2.24) is 63.8 Å². The zero-order valence-corrected chi connectivity index (χ0v) is 65.4. The quantitative estimate of drug-likeness (QED) is 0.0347. The average molecular weight is 1600 g/mol. The summed E-state index contributed by atoms with van der Waals surface area (Å²) in [6.45, 7) is 22.5. The topological polar surface area (TPSA) is 620 Å². The van der Waals surface area contributed by atoms with E-state index in [-0.39, 0.29) is 127 Å². The third kappa shape index (κ3) is 47.5. The normalized spacial score (nSPS) is 14.5. The highest BCUT2D eigenvalue weighted by Gasteiger charge is 2.40. The summed E-state index contributed by atoms with van der Waals surface area (Å²) in [5.41, 5.74) is 22.7. The highest BCUT2D eigenvalue weighted by atomic mass is 19.4. The molecule has 12 atom stereocenters. The van der Waals surface area contributed by atoms with E-state index in [1.807, 2.05) is 0 Å². The molecule has 638 valence electrons. The van der Waals surface area contributed by atoms with E-state index in [0.717, 1.165) is 0 Å². The van der Waals surface area contributed by atoms with Crippen molar-refractivity contribution < 1.29 is 115 Å². The van der Waals surface area contributed by atoms with Gasteiger partial charge in [0, 0.05) is 6.92 Å². The van der Waals surface area contributed by atoms with Crippen molar-refractivity contribution in [2.24, 2.45) is 58.4 Å². The summed E-state index contributed by atoms with van der Waals surface area (Å²) in [6.07, 6.45) is -6.10. The molecule has 0 aliphatic heterocycles. The van der Waals surface area contributed by atoms with Gasteiger partial charge < -0.3 is 107 Å². The van der Waals surface area contributed by atoms with Crippen molar-refractivity contribution in [2.75, 3.05) is 19.6 Å². The fourth-order valence-corrected chi connectivity index (χ4v) is 10.9. The van der Waals surface area contributed by atoms with Gasteiger partial charge in [-0.05, 0) is 151 Å². The van der Waals surface area contributed by atoms with Crippen LogP contribution in [0.5, 0.6) is 0 Å². The zero-order valence-electron chi connectivity index (χ0n) is 65.4. The highest BCUT2D eigenvalue weighted by molar-refractivity contribution is 6.01. The van der Waals surface area contributed by atoms with Crippen molar-refractivity contribution in [3.8, 4) is 0 Å². The number of primary amides is 1. The lowest BCUT2D eigenvalue weighted by Gasteiger charge is -2.29. The Hall–Kier alpha value is -9.34. The zero-order chi connectivity index (χ0) is 85.0. The lowest BCUT2D eigenvalue weighted by Crippen LogP contribution is -2.61. The fourth-order valence-electron chi connectivity index (χ4n) is 10.9. The lowest BCUT2D eigenvalue weighted by atomic mass is 9.99. The Kier molecular flexibility index (Phi) is 52.6. The van der Waals surface area contributed by atoms with Gasteiger partial charge in [0.05, 0.1) is 19.3 Å². The first-order valence-electron chi connectivity index (χ1n) is 37.0. The number of carboxylic acids is 4. The number of hydrogen-bond acceptors (Lipinski definition) is 20. The molecule has 0 bridgehead atoms. The maximum Gasteiger partial charge on any atom is 0.490 e. The molecule has 0 aliphatic carbocycles. The summed E-state index contributed by atoms with van der Waals surface area (Å²) in [4.78, 5) is 225. The number of nitrogens with one attached hydrogen (secondary N) is 12. The van der Waals surface area contributed by atoms with Crippen LogP contribution < -0.4 is 86.7 Å². The molecule has 0 radical (unpaired) electrons. The summed E-state index contributed by atoms with van der Waals surface area (Å²) in [7, 11) is 0. The van der Waals surface area contributed by atoms with Crippen molar-refractivity contribution in [1.29, 1.82) is 0 Å². The van der Waals surface area contributed by atoms with Gasteiger partial charge in [-0.1, -0.05) is 90.5 Å². The molecule has 37 nitrogen and oxygen atoms in total. The number of halogens is 3. The monoisotopic (exact) mass is 1600 g/mol. The van der Waals surface area contributed by atoms with Gasteiger partial charge in [-0.25, -0.2) is 4.79 Å². The van der Waals surface area contributed by atoms with Gasteiger partial charge in [0.1, 0.15) is 72.5 Å². The number of nitrogens with two attached hydrogens (primary N) is 4. The van der Waals surface area contributed by atoms with Gasteiger partial charge in [-0.15, -0.1) is 0 Å². The Morgan fingerprint density at radius 3 is 0.622 bits per heavy atom. The third-order valence-electron chi connectivity index (χ3n) is 16.1. The second-order valence-corrected chi connectivity index (χ2v) is 29.6. The van der Waals surface area contributed by atoms with E-state index in [1.165, 1.54) is 6.92 Å². The standard InChI is InChI=1S/C68H122N16O19.C2HF3O2.CH4/c1-35(2)26-45(57(72)92)76-66(101)51(32-54(86)87)82-64(99)49(30-39(9)10)78-59(94)43(21-15-18-24-70)74-62(97)47(28-37(5)6)81-68(103)53(34-56(90)91)84-65(100)50(31-40(11)12)79-60(95)44(22-16-19-25-71)75-61(96)46(27-36(3)4)80-67(102)52(33-55(88)89)83-63(98)48(29-38(7)8)77-58(93)42(73-41(13)85)20-14-17-23-69;3-2(4,5)1(6)7;/h35-40,42-53H,14-34,69-71H2,1-13H3,(H2,72,92)(H,73,85)(H,74,97)(H,75,96)(H,76,101)(H,77,93)(H,78,94)(H,79,95)(H,80,102)(H,81,103)(H,82,99)(H,83,98)(H,84,100)(H,86,87)(H,88,89)(H,90,91);(H,6,7);1H4/t42-,43-,44-,45-,46-,47-,48-,49-,50-,51-,52-,53-;;/m0../s1. The van der Waals surface area contributed by atoms with Gasteiger partial charge in [-0.2, -0.15) is 13.2 Å². The fraction of sp³-hybridized carbons (Fsp3) is 0.761. The first kappa shape index (κ1) is 106. The highest BCUT2D eigenvalue weighted by Crippen LogP contribution is 2.17. The number of carbonyl (C=O) groups is 17. The largest absolute Gasteiger partial charge is 0.490 e. The number of aliphatic carboxylic acids is 4. The second kappa shape index (κ2) is 55.1. The number of amides is 13. The summed E-state index contributed by atoms with van der Waals surface area (Å²) in [6, 6.07) is -17.9. The molecule has 0 rings (SSSR count). The number of carboxylic acid groups (broad SMARTS) is 4. The van der Waals surface area contributed by atoms with Crippen molar-refractivity contribution >= 4 is 101 Å². The maximum atomic E-state index is 14.5. The number of carbonyl (C=O) groups excluding carboxylic acids is 13. The number of rotatable bonds is 54. The molecule has 0 saturated carbocycles. The summed E-state index contributed by atoms with van der Waals surface area (Å²) >= 11 is 0. The van der Waals surface area contributed by atoms with Crippen LogP contribution >= 0.6 is 0 Å². The first-order chi connectivity index (χ1) is 51.0. The Labute approximate surface area is 647 Å². The minimum Gasteiger partial charge on any atom is -0.481 e. The second-order valence-electron chi connectivity index (χ2n) is 29.6. The van der Waals surface area contributed by atoms with Gasteiger partial charge in [0.15, 0.2) is 0 Å². The van der Waals surface area contributed by atoms with Crippen LogP contribution in [0.25, 0.3) is 0 Å². The van der Waals surface area contributed by atoms with Crippen molar-refractivity contribution in [2.45, 2.75) is 292 Å². The molecule has 0 aromatic carbocycles. The van der Waals surface area contributed by atoms with Crippen LogP contribution in [-0.4, -0.2) is 219 Å². The smallest absolute Gasteiger partial charge is 0.481 e. The Balaban J connectivity index is -0.0000138. The molecular formula is C71H127F3N16O21. The minimum absolute atomic E-state index is 0. The van der Waals surface area contributed by atoms with Crippen LogP contribution in [0.3, 0.4) is 0 Å². The summed E-state index contributed by atoms with van der Waals surface area (Å²) in [5.74, 6) is -21.2. The molecule has 0 heterocycles. The number of unbranched alkanes of at least 4 members (excludes halogenated alkanes) is 3. The summed E-state index contributed by atoms with van der Waals surface area (Å²) in [5, 5.41) is 67.1. The molecule has 13 amide bonds. The van der Waals surface area contributed by atoms with Crippen LogP contribution in [0.15, 0.2) is 0 Å². The van der Waals surface area contributed by atoms with Crippen molar-refractivity contribution in [3.63, 3.8) is 0 Å². The van der Waals surface area contributed by atoms with Gasteiger partial charge in [0.25, 0.3) is 0 Å². The molecule has 0 fully saturated rings. The molecule has 40 heteroatoms. The van der Waals surface area contributed by atoms with Crippen molar-refractivity contribution in [3.05, 3.63) is 0 Å². The van der Waals surface area contributed by atoms with Crippen LogP contribution in [-0.2, 0) is 81.5 Å². The van der Waals surface area contributed by atoms with E-state index in [0.29, 0.717) is 32.2 Å². The predicted octanol–water partition coefficient (Wildman–Crippen LogP) is -0.334. The molecule has 0 spiro atoms. The molecule has 0 saturated heterocycles. The Morgan fingerprint density at radius 2 is 0.450 bits per heavy atom. The van der Waals surface area contributed by atoms with Crippen LogP contribution in [0.2, 0.25) is 0 Å².